The van der Waals surface area contributed by atoms with Gasteiger partial charge in [-0.1, -0.05) is 30.3 Å². The minimum atomic E-state index is -3.22. The van der Waals surface area contributed by atoms with E-state index in [1.54, 1.807) is 6.92 Å². The molecule has 0 fully saturated rings. The number of rotatable bonds is 6. The van der Waals surface area contributed by atoms with Gasteiger partial charge in [0.2, 0.25) is 11.7 Å². The number of thiophene rings is 1. The lowest BCUT2D eigenvalue weighted by Gasteiger charge is -2.13. The summed E-state index contributed by atoms with van der Waals surface area (Å²) in [5.74, 6) is -0.858. The maximum absolute atomic E-state index is 12.6. The summed E-state index contributed by atoms with van der Waals surface area (Å²) in [5, 5.41) is 15.0. The fourth-order valence-electron chi connectivity index (χ4n) is 3.24. The summed E-state index contributed by atoms with van der Waals surface area (Å²) in [4.78, 5) is 26.8. The number of amides is 1. The molecule has 0 saturated carbocycles. The van der Waals surface area contributed by atoms with Gasteiger partial charge >= 0.3 is 5.97 Å². The highest BCUT2D eigenvalue weighted by Crippen LogP contribution is 2.38. The molecule has 1 aliphatic rings. The summed E-state index contributed by atoms with van der Waals surface area (Å²) in [6.07, 6.45) is 0.212. The van der Waals surface area contributed by atoms with Gasteiger partial charge in [0.05, 0.1) is 23.7 Å². The van der Waals surface area contributed by atoms with Crippen molar-refractivity contribution >= 4 is 38.1 Å². The summed E-state index contributed by atoms with van der Waals surface area (Å²) >= 11 is 1.08. The Kier molecular flexibility index (Phi) is 5.83. The molecule has 162 valence electrons. The van der Waals surface area contributed by atoms with Gasteiger partial charge < -0.3 is 10.1 Å². The van der Waals surface area contributed by atoms with Crippen LogP contribution in [0.25, 0.3) is 11.4 Å². The smallest absolute Gasteiger partial charge is 0.341 e. The number of hydrogen-bond acceptors (Lipinski definition) is 9. The van der Waals surface area contributed by atoms with Crippen LogP contribution in [0.2, 0.25) is 0 Å². The first-order chi connectivity index (χ1) is 14.9. The zero-order valence-corrected chi connectivity index (χ0v) is 18.2. The highest BCUT2D eigenvalue weighted by molar-refractivity contribution is 7.90. The molecule has 0 radical (unpaired) electrons. The zero-order valence-electron chi connectivity index (χ0n) is 16.6. The number of tetrazole rings is 1. The summed E-state index contributed by atoms with van der Waals surface area (Å²) in [5.41, 5.74) is 1.62. The van der Waals surface area contributed by atoms with Gasteiger partial charge in [-0.25, -0.2) is 13.2 Å². The van der Waals surface area contributed by atoms with Crippen molar-refractivity contribution in [1.29, 1.82) is 0 Å². The lowest BCUT2D eigenvalue weighted by Crippen LogP contribution is -2.22. The molecule has 2 aromatic heterocycles. The third-order valence-corrected chi connectivity index (χ3v) is 7.49. The highest BCUT2D eigenvalue weighted by Gasteiger charge is 2.32. The number of hydrogen-bond donors (Lipinski definition) is 1. The van der Waals surface area contributed by atoms with Crippen molar-refractivity contribution in [3.05, 3.63) is 46.3 Å². The van der Waals surface area contributed by atoms with Crippen molar-refractivity contribution in [3.63, 3.8) is 0 Å². The van der Waals surface area contributed by atoms with Crippen molar-refractivity contribution in [2.24, 2.45) is 0 Å². The molecule has 0 aliphatic carbocycles. The largest absolute Gasteiger partial charge is 0.462 e. The van der Waals surface area contributed by atoms with Gasteiger partial charge in [0.25, 0.3) is 0 Å². The highest BCUT2D eigenvalue weighted by atomic mass is 32.2. The van der Waals surface area contributed by atoms with Gasteiger partial charge in [-0.3, -0.25) is 4.79 Å². The van der Waals surface area contributed by atoms with Crippen LogP contribution in [-0.4, -0.2) is 52.9 Å². The number of ether oxygens (including phenoxy) is 1. The number of fused-ring (bicyclic) bond motifs is 1. The second kappa shape index (κ2) is 8.55. The van der Waals surface area contributed by atoms with Crippen molar-refractivity contribution in [1.82, 2.24) is 20.2 Å². The maximum Gasteiger partial charge on any atom is 0.341 e. The molecule has 10 nitrogen and oxygen atoms in total. The molecule has 0 unspecified atom stereocenters. The third-order valence-electron chi connectivity index (χ3n) is 4.61. The zero-order chi connectivity index (χ0) is 22.0. The Bertz CT molecular complexity index is 1230. The molecular formula is C19H19N5O5S2. The molecule has 0 spiro atoms. The first-order valence-electron chi connectivity index (χ1n) is 9.51. The van der Waals surface area contributed by atoms with Crippen molar-refractivity contribution in [2.45, 2.75) is 25.6 Å². The number of aromatic nitrogens is 4. The summed E-state index contributed by atoms with van der Waals surface area (Å²) in [6, 6.07) is 9.22. The molecule has 3 heterocycles. The first kappa shape index (κ1) is 21.1. The SMILES string of the molecule is CCOC(=O)c1c(NC(=O)Cn2nnc(-c3ccccc3)n2)sc2c1CCS(=O)(=O)C2. The Hall–Kier alpha value is -3.12. The number of anilines is 1. The topological polar surface area (TPSA) is 133 Å². The second-order valence-electron chi connectivity index (χ2n) is 6.83. The normalized spacial score (nSPS) is 14.6. The van der Waals surface area contributed by atoms with E-state index in [2.05, 4.69) is 20.7 Å². The Morgan fingerprint density at radius 3 is 2.77 bits per heavy atom. The molecule has 12 heteroatoms. The fraction of sp³-hybridized carbons (Fsp3) is 0.316. The van der Waals surface area contributed by atoms with Crippen LogP contribution in [0.15, 0.2) is 30.3 Å². The van der Waals surface area contributed by atoms with Gasteiger partial charge in [0.1, 0.15) is 11.5 Å². The van der Waals surface area contributed by atoms with E-state index in [0.717, 1.165) is 21.7 Å². The molecule has 1 aromatic carbocycles. The number of carbonyl (C=O) groups is 2. The average Bonchev–Trinajstić information content (AvgIpc) is 3.32. The molecule has 1 N–H and O–H groups in total. The molecule has 4 rings (SSSR count). The van der Waals surface area contributed by atoms with Crippen LogP contribution in [0.5, 0.6) is 0 Å². The van der Waals surface area contributed by atoms with Gasteiger partial charge in [0, 0.05) is 10.4 Å². The van der Waals surface area contributed by atoms with Crippen LogP contribution in [0, 0.1) is 0 Å². The Balaban J connectivity index is 1.55. The fourth-order valence-corrected chi connectivity index (χ4v) is 6.29. The molecule has 3 aromatic rings. The lowest BCUT2D eigenvalue weighted by atomic mass is 10.1. The van der Waals surface area contributed by atoms with Crippen LogP contribution < -0.4 is 5.32 Å². The lowest BCUT2D eigenvalue weighted by molar-refractivity contribution is -0.117. The maximum atomic E-state index is 12.6. The number of nitrogens with one attached hydrogen (secondary N) is 1. The van der Waals surface area contributed by atoms with Crippen molar-refractivity contribution < 1.29 is 22.7 Å². The van der Waals surface area contributed by atoms with Crippen LogP contribution >= 0.6 is 11.3 Å². The molecule has 0 atom stereocenters. The summed E-state index contributed by atoms with van der Waals surface area (Å²) in [6.45, 7) is 1.63. The minimum absolute atomic E-state index is 0.0400. The van der Waals surface area contributed by atoms with E-state index in [-0.39, 0.29) is 41.6 Å². The van der Waals surface area contributed by atoms with E-state index < -0.39 is 21.7 Å². The monoisotopic (exact) mass is 461 g/mol. The number of carbonyl (C=O) groups excluding carboxylic acids is 2. The summed E-state index contributed by atoms with van der Waals surface area (Å²) < 4.78 is 29.1. The minimum Gasteiger partial charge on any atom is -0.462 e. The standard InChI is InChI=1S/C19H19N5O5S2/c1-2-29-19(26)16-13-8-9-31(27,28)11-14(13)30-18(16)20-15(25)10-24-22-17(21-23-24)12-6-4-3-5-7-12/h3-7H,2,8-11H2,1H3,(H,20,25). The molecule has 0 saturated heterocycles. The van der Waals surface area contributed by atoms with E-state index in [1.165, 1.54) is 0 Å². The summed E-state index contributed by atoms with van der Waals surface area (Å²) in [7, 11) is -3.22. The predicted octanol–water partition coefficient (Wildman–Crippen LogP) is 1.69. The molecule has 0 bridgehead atoms. The Morgan fingerprint density at radius 2 is 2.03 bits per heavy atom. The molecule has 1 aliphatic heterocycles. The van der Waals surface area contributed by atoms with Crippen LogP contribution in [0.1, 0.15) is 27.7 Å². The predicted molar refractivity (Wildman–Crippen MR) is 113 cm³/mol. The van der Waals surface area contributed by atoms with Gasteiger partial charge in [-0.05, 0) is 24.1 Å². The van der Waals surface area contributed by atoms with Crippen molar-refractivity contribution in [3.8, 4) is 11.4 Å². The molecular weight excluding hydrogens is 442 g/mol. The third kappa shape index (κ3) is 4.64. The van der Waals surface area contributed by atoms with E-state index >= 15 is 0 Å². The van der Waals surface area contributed by atoms with Crippen molar-refractivity contribution in [2.75, 3.05) is 17.7 Å². The van der Waals surface area contributed by atoms with E-state index in [9.17, 15) is 18.0 Å². The quantitative estimate of drug-likeness (QED) is 0.548. The second-order valence-corrected chi connectivity index (χ2v) is 10.1. The van der Waals surface area contributed by atoms with E-state index in [0.29, 0.717) is 16.3 Å². The molecule has 31 heavy (non-hydrogen) atoms. The van der Waals surface area contributed by atoms with Crippen LogP contribution in [0.4, 0.5) is 5.00 Å². The van der Waals surface area contributed by atoms with Gasteiger partial charge in [-0.2, -0.15) is 4.80 Å². The van der Waals surface area contributed by atoms with E-state index in [1.807, 2.05) is 30.3 Å². The van der Waals surface area contributed by atoms with E-state index in [4.69, 9.17) is 4.74 Å². The van der Waals surface area contributed by atoms with Crippen LogP contribution in [0.3, 0.4) is 0 Å². The van der Waals surface area contributed by atoms with Crippen LogP contribution in [-0.2, 0) is 38.1 Å². The molecule has 1 amide bonds. The number of esters is 1. The average molecular weight is 462 g/mol. The van der Waals surface area contributed by atoms with Gasteiger partial charge in [-0.15, -0.1) is 21.5 Å². The Labute approximate surface area is 182 Å². The van der Waals surface area contributed by atoms with Gasteiger partial charge in [0.15, 0.2) is 9.84 Å². The first-order valence-corrected chi connectivity index (χ1v) is 12.1. The number of nitrogens with zero attached hydrogens (tertiary/aromatic N) is 4. The number of sulfone groups is 1. The number of benzene rings is 1. The Morgan fingerprint density at radius 1 is 1.26 bits per heavy atom.